The molecule has 0 saturated carbocycles. The summed E-state index contributed by atoms with van der Waals surface area (Å²) in [5.74, 6) is 0. The van der Waals surface area contributed by atoms with Crippen LogP contribution in [0, 0.1) is 5.41 Å². The van der Waals surface area contributed by atoms with Gasteiger partial charge in [0, 0.05) is 6.61 Å². The molecule has 0 aliphatic rings. The Hall–Kier alpha value is 0.150. The average molecular weight is 358 g/mol. The predicted octanol–water partition coefficient (Wildman–Crippen LogP) is 1.30. The van der Waals surface area contributed by atoms with Crippen LogP contribution in [-0.4, -0.2) is 63.0 Å². The Morgan fingerprint density at radius 2 is 1.13 bits per heavy atom. The summed E-state index contributed by atoms with van der Waals surface area (Å²) >= 11 is 0. The molecular formula is C15H35O7P. The number of ether oxygens (including phenoxy) is 1. The van der Waals surface area contributed by atoms with Crippen molar-refractivity contribution in [2.75, 3.05) is 33.0 Å². The lowest BCUT2D eigenvalue weighted by Crippen LogP contribution is -2.38. The van der Waals surface area contributed by atoms with E-state index in [1.54, 1.807) is 0 Å². The Bertz CT molecular complexity index is 215. The maximum absolute atomic E-state index is 9.12. The van der Waals surface area contributed by atoms with Gasteiger partial charge in [0.2, 0.25) is 0 Å². The smallest absolute Gasteiger partial charge is 0.324 e. The first-order valence-electron chi connectivity index (χ1n) is 8.25. The van der Waals surface area contributed by atoms with Gasteiger partial charge in [-0.05, 0) is 6.42 Å². The number of unbranched alkanes of at least 4 members (excludes halogenated alkanes) is 7. The van der Waals surface area contributed by atoms with Crippen molar-refractivity contribution in [1.29, 1.82) is 0 Å². The molecular weight excluding hydrogens is 323 g/mol. The van der Waals surface area contributed by atoms with Crippen molar-refractivity contribution >= 4 is 8.60 Å². The van der Waals surface area contributed by atoms with Gasteiger partial charge in [0.15, 0.2) is 0 Å². The van der Waals surface area contributed by atoms with Crippen LogP contribution in [0.15, 0.2) is 0 Å². The molecule has 0 spiro atoms. The number of hydrogen-bond donors (Lipinski definition) is 6. The van der Waals surface area contributed by atoms with Gasteiger partial charge in [-0.3, -0.25) is 0 Å². The van der Waals surface area contributed by atoms with E-state index >= 15 is 0 Å². The monoisotopic (exact) mass is 358 g/mol. The lowest BCUT2D eigenvalue weighted by atomic mass is 9.93. The summed E-state index contributed by atoms with van der Waals surface area (Å²) in [6, 6.07) is 0. The zero-order valence-electron chi connectivity index (χ0n) is 14.2. The van der Waals surface area contributed by atoms with Gasteiger partial charge >= 0.3 is 8.60 Å². The van der Waals surface area contributed by atoms with Crippen LogP contribution < -0.4 is 0 Å². The molecule has 8 heteroatoms. The minimum atomic E-state index is -2.62. The highest BCUT2D eigenvalue weighted by Crippen LogP contribution is 2.15. The Morgan fingerprint density at radius 3 is 1.52 bits per heavy atom. The predicted molar refractivity (Wildman–Crippen MR) is 90.7 cm³/mol. The summed E-state index contributed by atoms with van der Waals surface area (Å²) in [6.07, 6.45) is 10.0. The van der Waals surface area contributed by atoms with Crippen LogP contribution in [0.5, 0.6) is 0 Å². The molecule has 0 aromatic carbocycles. The minimum Gasteiger partial charge on any atom is -0.396 e. The highest BCUT2D eigenvalue weighted by molar-refractivity contribution is 7.38. The van der Waals surface area contributed by atoms with Crippen molar-refractivity contribution < 1.29 is 34.7 Å². The molecule has 0 aromatic rings. The summed E-state index contributed by atoms with van der Waals surface area (Å²) in [7, 11) is -2.62. The third-order valence-electron chi connectivity index (χ3n) is 3.56. The number of aliphatic hydroxyl groups excluding tert-OH is 3. The zero-order valence-corrected chi connectivity index (χ0v) is 15.1. The van der Waals surface area contributed by atoms with Gasteiger partial charge in [0.05, 0.1) is 31.8 Å². The van der Waals surface area contributed by atoms with Crippen molar-refractivity contribution in [3.63, 3.8) is 0 Å². The quantitative estimate of drug-likeness (QED) is 0.204. The fraction of sp³-hybridized carbons (Fsp3) is 1.00. The molecule has 0 atom stereocenters. The number of hydrogen-bond acceptors (Lipinski definition) is 7. The molecule has 0 unspecified atom stereocenters. The molecule has 0 rings (SSSR count). The number of aliphatic hydroxyl groups is 3. The van der Waals surface area contributed by atoms with Gasteiger partial charge < -0.3 is 34.7 Å². The largest absolute Gasteiger partial charge is 0.396 e. The molecule has 0 saturated heterocycles. The lowest BCUT2D eigenvalue weighted by Gasteiger charge is -2.26. The van der Waals surface area contributed by atoms with Crippen molar-refractivity contribution in [2.45, 2.75) is 58.3 Å². The van der Waals surface area contributed by atoms with Crippen LogP contribution in [0.2, 0.25) is 0 Å². The Kier molecular flexibility index (Phi) is 20.4. The van der Waals surface area contributed by atoms with Gasteiger partial charge in [-0.1, -0.05) is 51.9 Å². The third kappa shape index (κ3) is 18.3. The van der Waals surface area contributed by atoms with E-state index in [4.69, 9.17) is 34.7 Å². The van der Waals surface area contributed by atoms with Crippen LogP contribution in [-0.2, 0) is 4.74 Å². The summed E-state index contributed by atoms with van der Waals surface area (Å²) in [6.45, 7) is 2.32. The van der Waals surface area contributed by atoms with Crippen molar-refractivity contribution in [2.24, 2.45) is 5.41 Å². The minimum absolute atomic E-state index is 0.215. The molecule has 0 amide bonds. The summed E-state index contributed by atoms with van der Waals surface area (Å²) in [5.41, 5.74) is -0.889. The second-order valence-electron chi connectivity index (χ2n) is 5.77. The third-order valence-corrected chi connectivity index (χ3v) is 3.56. The first-order chi connectivity index (χ1) is 11.0. The second kappa shape index (κ2) is 18.5. The Labute approximate surface area is 140 Å². The molecule has 0 radical (unpaired) electrons. The fourth-order valence-corrected chi connectivity index (χ4v) is 1.91. The van der Waals surface area contributed by atoms with Crippen LogP contribution in [0.25, 0.3) is 0 Å². The highest BCUT2D eigenvalue weighted by Gasteiger charge is 2.28. The molecule has 7 nitrogen and oxygen atoms in total. The average Bonchev–Trinajstić information content (AvgIpc) is 2.53. The van der Waals surface area contributed by atoms with Gasteiger partial charge in [0.1, 0.15) is 0 Å². The standard InChI is InChI=1S/C15H32O4.H3O3P/c1-2-3-4-5-6-7-8-9-10-19-14-15(11-16,12-17)13-18;1-4(2)3/h16-18H,2-14H2,1H3;1-3H. The van der Waals surface area contributed by atoms with Crippen molar-refractivity contribution in [3.8, 4) is 0 Å². The normalized spacial score (nSPS) is 11.5. The second-order valence-corrected chi connectivity index (χ2v) is 6.31. The molecule has 0 heterocycles. The van der Waals surface area contributed by atoms with E-state index in [1.807, 2.05) is 0 Å². The maximum Gasteiger partial charge on any atom is 0.324 e. The topological polar surface area (TPSA) is 131 Å². The highest BCUT2D eigenvalue weighted by atomic mass is 31.2. The zero-order chi connectivity index (χ0) is 18.0. The molecule has 0 aliphatic heterocycles. The Morgan fingerprint density at radius 1 is 0.739 bits per heavy atom. The SMILES string of the molecule is CCCCCCCCCCOCC(CO)(CO)CO.OP(O)O. The van der Waals surface area contributed by atoms with Crippen LogP contribution >= 0.6 is 8.60 Å². The van der Waals surface area contributed by atoms with Gasteiger partial charge in [0.25, 0.3) is 0 Å². The summed E-state index contributed by atoms with van der Waals surface area (Å²) in [5, 5.41) is 27.4. The van der Waals surface area contributed by atoms with E-state index in [0.29, 0.717) is 6.61 Å². The van der Waals surface area contributed by atoms with Gasteiger partial charge in [-0.25, -0.2) is 0 Å². The Balaban J connectivity index is 0. The first kappa shape index (κ1) is 25.4. The molecule has 142 valence electrons. The van der Waals surface area contributed by atoms with Gasteiger partial charge in [-0.15, -0.1) is 0 Å². The van der Waals surface area contributed by atoms with Crippen LogP contribution in [0.4, 0.5) is 0 Å². The molecule has 0 aliphatic carbocycles. The molecule has 0 aromatic heterocycles. The lowest BCUT2D eigenvalue weighted by molar-refractivity contribution is -0.0582. The van der Waals surface area contributed by atoms with Gasteiger partial charge in [-0.2, -0.15) is 0 Å². The van der Waals surface area contributed by atoms with E-state index in [0.717, 1.165) is 12.8 Å². The van der Waals surface area contributed by atoms with Crippen molar-refractivity contribution in [1.82, 2.24) is 0 Å². The van der Waals surface area contributed by atoms with Crippen LogP contribution in [0.1, 0.15) is 58.3 Å². The molecule has 0 fully saturated rings. The van der Waals surface area contributed by atoms with E-state index in [2.05, 4.69) is 6.92 Å². The van der Waals surface area contributed by atoms with E-state index in [-0.39, 0.29) is 26.4 Å². The van der Waals surface area contributed by atoms with Crippen molar-refractivity contribution in [3.05, 3.63) is 0 Å². The molecule has 23 heavy (non-hydrogen) atoms. The fourth-order valence-electron chi connectivity index (χ4n) is 1.91. The summed E-state index contributed by atoms with van der Waals surface area (Å²) in [4.78, 5) is 21.7. The van der Waals surface area contributed by atoms with E-state index in [1.165, 1.54) is 38.5 Å². The number of rotatable bonds is 14. The molecule has 6 N–H and O–H groups in total. The summed E-state index contributed by atoms with van der Waals surface area (Å²) < 4.78 is 5.44. The van der Waals surface area contributed by atoms with E-state index < -0.39 is 14.0 Å². The van der Waals surface area contributed by atoms with E-state index in [9.17, 15) is 0 Å². The molecule has 0 bridgehead atoms. The van der Waals surface area contributed by atoms with Crippen LogP contribution in [0.3, 0.4) is 0 Å². The first-order valence-corrected chi connectivity index (χ1v) is 9.45. The maximum atomic E-state index is 9.12.